The van der Waals surface area contributed by atoms with Crippen molar-refractivity contribution >= 4 is 34.5 Å². The summed E-state index contributed by atoms with van der Waals surface area (Å²) >= 11 is 5.74. The second-order valence-corrected chi connectivity index (χ2v) is 5.41. The molecule has 0 atom stereocenters. The number of pyridine rings is 1. The minimum absolute atomic E-state index is 0.0361. The number of rotatable bonds is 3. The molecule has 122 valence electrons. The molecule has 0 unspecified atom stereocenters. The Morgan fingerprint density at radius 1 is 1.38 bits per heavy atom. The Labute approximate surface area is 139 Å². The van der Waals surface area contributed by atoms with Crippen LogP contribution in [0, 0.1) is 22.9 Å². The predicted octanol–water partition coefficient (Wildman–Crippen LogP) is 3.60. The molecule has 0 radical (unpaired) electrons. The third-order valence-electron chi connectivity index (χ3n) is 3.37. The number of nitrogens with one attached hydrogen (secondary N) is 1. The number of nitrogens with zero attached hydrogens (tertiary/aromatic N) is 3. The van der Waals surface area contributed by atoms with Crippen molar-refractivity contribution in [2.24, 2.45) is 0 Å². The third-order valence-corrected chi connectivity index (χ3v) is 3.69. The molecular formula is C15H10ClFN4O3. The maximum atomic E-state index is 13.4. The van der Waals surface area contributed by atoms with E-state index in [1.54, 1.807) is 6.92 Å². The van der Waals surface area contributed by atoms with Gasteiger partial charge in [0.2, 0.25) is 0 Å². The maximum absolute atomic E-state index is 13.4. The zero-order chi connectivity index (χ0) is 17.4. The largest absolute Gasteiger partial charge is 0.320 e. The van der Waals surface area contributed by atoms with Gasteiger partial charge in [0, 0.05) is 18.0 Å². The molecule has 7 nitrogen and oxygen atoms in total. The second kappa shape index (κ2) is 5.89. The Morgan fingerprint density at radius 2 is 2.12 bits per heavy atom. The van der Waals surface area contributed by atoms with E-state index in [9.17, 15) is 19.3 Å². The smallest absolute Gasteiger partial charge is 0.289 e. The highest BCUT2D eigenvalue weighted by Crippen LogP contribution is 2.27. The molecule has 2 aromatic heterocycles. The molecule has 3 rings (SSSR count). The molecule has 0 aliphatic heterocycles. The van der Waals surface area contributed by atoms with Gasteiger partial charge >= 0.3 is 0 Å². The normalized spacial score (nSPS) is 10.8. The summed E-state index contributed by atoms with van der Waals surface area (Å²) in [5.41, 5.74) is 0.835. The molecule has 3 aromatic rings. The highest BCUT2D eigenvalue weighted by molar-refractivity contribution is 6.32. The van der Waals surface area contributed by atoms with E-state index in [4.69, 9.17) is 11.6 Å². The first kappa shape index (κ1) is 15.9. The van der Waals surface area contributed by atoms with Crippen LogP contribution in [0.4, 0.5) is 15.8 Å². The van der Waals surface area contributed by atoms with Crippen LogP contribution in [0.15, 0.2) is 36.5 Å². The minimum atomic E-state index is -0.646. The lowest BCUT2D eigenvalue weighted by atomic mass is 10.2. The van der Waals surface area contributed by atoms with Crippen molar-refractivity contribution in [3.05, 3.63) is 68.9 Å². The van der Waals surface area contributed by atoms with Gasteiger partial charge in [-0.15, -0.1) is 0 Å². The Hall–Kier alpha value is -3.00. The SMILES string of the molecule is Cc1nc2ccc(F)cn2c1C(=O)Nc1ccc(Cl)c([N+](=O)[O-])c1. The molecule has 2 heterocycles. The molecule has 0 aliphatic rings. The predicted molar refractivity (Wildman–Crippen MR) is 85.9 cm³/mol. The van der Waals surface area contributed by atoms with E-state index < -0.39 is 16.6 Å². The number of aromatic nitrogens is 2. The van der Waals surface area contributed by atoms with Gasteiger partial charge in [0.25, 0.3) is 11.6 Å². The Morgan fingerprint density at radius 3 is 2.83 bits per heavy atom. The lowest BCUT2D eigenvalue weighted by Crippen LogP contribution is -2.15. The highest BCUT2D eigenvalue weighted by atomic mass is 35.5. The Kier molecular flexibility index (Phi) is 3.90. The van der Waals surface area contributed by atoms with Gasteiger partial charge in [0.1, 0.15) is 22.2 Å². The van der Waals surface area contributed by atoms with Crippen LogP contribution in [0.2, 0.25) is 5.02 Å². The number of benzene rings is 1. The summed E-state index contributed by atoms with van der Waals surface area (Å²) in [7, 11) is 0. The zero-order valence-corrected chi connectivity index (χ0v) is 13.0. The van der Waals surface area contributed by atoms with Crippen molar-refractivity contribution in [1.29, 1.82) is 0 Å². The third kappa shape index (κ3) is 2.79. The summed E-state index contributed by atoms with van der Waals surface area (Å²) in [5, 5.41) is 13.4. The van der Waals surface area contributed by atoms with Crippen molar-refractivity contribution in [1.82, 2.24) is 9.38 Å². The van der Waals surface area contributed by atoms with E-state index >= 15 is 0 Å². The van der Waals surface area contributed by atoms with Crippen LogP contribution in [-0.2, 0) is 0 Å². The molecule has 0 saturated heterocycles. The molecule has 9 heteroatoms. The molecule has 0 aliphatic carbocycles. The van der Waals surface area contributed by atoms with Gasteiger partial charge < -0.3 is 5.32 Å². The topological polar surface area (TPSA) is 89.5 Å². The van der Waals surface area contributed by atoms with Crippen LogP contribution in [0.1, 0.15) is 16.2 Å². The molecule has 0 bridgehead atoms. The van der Waals surface area contributed by atoms with Crippen molar-refractivity contribution < 1.29 is 14.1 Å². The number of carbonyl (C=O) groups excluding carboxylic acids is 1. The van der Waals surface area contributed by atoms with E-state index in [0.717, 1.165) is 12.3 Å². The van der Waals surface area contributed by atoms with Crippen molar-refractivity contribution in [2.75, 3.05) is 5.32 Å². The van der Waals surface area contributed by atoms with Gasteiger partial charge in [-0.25, -0.2) is 9.37 Å². The summed E-state index contributed by atoms with van der Waals surface area (Å²) in [5.74, 6) is -1.08. The van der Waals surface area contributed by atoms with Crippen LogP contribution >= 0.6 is 11.6 Å². The fraction of sp³-hybridized carbons (Fsp3) is 0.0667. The minimum Gasteiger partial charge on any atom is -0.320 e. The average molecular weight is 349 g/mol. The molecule has 0 fully saturated rings. The molecule has 0 spiro atoms. The molecule has 0 saturated carbocycles. The molecule has 1 N–H and O–H groups in total. The first-order valence-electron chi connectivity index (χ1n) is 6.76. The number of fused-ring (bicyclic) bond motifs is 1. The summed E-state index contributed by atoms with van der Waals surface area (Å²) in [6, 6.07) is 6.60. The maximum Gasteiger partial charge on any atom is 0.289 e. The standard InChI is InChI=1S/C15H10ClFN4O3/c1-8-14(20-7-9(17)2-5-13(20)18-8)15(22)19-10-3-4-11(16)12(6-10)21(23)24/h2-7H,1H3,(H,19,22). The average Bonchev–Trinajstić information content (AvgIpc) is 2.84. The fourth-order valence-electron chi connectivity index (χ4n) is 2.33. The number of nitro groups is 1. The number of hydrogen-bond donors (Lipinski definition) is 1. The number of carbonyl (C=O) groups is 1. The van der Waals surface area contributed by atoms with Gasteiger partial charge in [-0.2, -0.15) is 0 Å². The van der Waals surface area contributed by atoms with E-state index in [-0.39, 0.29) is 22.1 Å². The van der Waals surface area contributed by atoms with Crippen LogP contribution in [-0.4, -0.2) is 20.2 Å². The van der Waals surface area contributed by atoms with E-state index in [1.165, 1.54) is 28.7 Å². The first-order chi connectivity index (χ1) is 11.4. The number of imidazole rings is 1. The number of anilines is 1. The monoisotopic (exact) mass is 348 g/mol. The molecule has 1 amide bonds. The van der Waals surface area contributed by atoms with E-state index in [0.29, 0.717) is 11.3 Å². The number of amides is 1. The summed E-state index contributed by atoms with van der Waals surface area (Å²) in [6.07, 6.45) is 1.15. The fourth-order valence-corrected chi connectivity index (χ4v) is 2.52. The number of hydrogen-bond acceptors (Lipinski definition) is 4. The summed E-state index contributed by atoms with van der Waals surface area (Å²) < 4.78 is 14.8. The molecular weight excluding hydrogens is 339 g/mol. The Balaban J connectivity index is 1.99. The van der Waals surface area contributed by atoms with E-state index in [1.807, 2.05) is 0 Å². The van der Waals surface area contributed by atoms with Crippen molar-refractivity contribution in [3.63, 3.8) is 0 Å². The van der Waals surface area contributed by atoms with Gasteiger partial charge in [-0.3, -0.25) is 19.3 Å². The Bertz CT molecular complexity index is 986. The molecule has 1 aromatic carbocycles. The number of nitro benzene ring substituents is 1. The highest BCUT2D eigenvalue weighted by Gasteiger charge is 2.19. The van der Waals surface area contributed by atoms with Crippen molar-refractivity contribution in [3.8, 4) is 0 Å². The first-order valence-corrected chi connectivity index (χ1v) is 7.14. The number of halogens is 2. The van der Waals surface area contributed by atoms with Gasteiger partial charge in [0.05, 0.1) is 10.6 Å². The van der Waals surface area contributed by atoms with E-state index in [2.05, 4.69) is 10.3 Å². The van der Waals surface area contributed by atoms with Crippen LogP contribution in [0.3, 0.4) is 0 Å². The van der Waals surface area contributed by atoms with Gasteiger partial charge in [0.15, 0.2) is 0 Å². The quantitative estimate of drug-likeness (QED) is 0.578. The van der Waals surface area contributed by atoms with Crippen LogP contribution in [0.5, 0.6) is 0 Å². The lowest BCUT2D eigenvalue weighted by molar-refractivity contribution is -0.384. The summed E-state index contributed by atoms with van der Waals surface area (Å²) in [6.45, 7) is 1.62. The van der Waals surface area contributed by atoms with Gasteiger partial charge in [-0.05, 0) is 31.2 Å². The lowest BCUT2D eigenvalue weighted by Gasteiger charge is -2.06. The summed E-state index contributed by atoms with van der Waals surface area (Å²) in [4.78, 5) is 26.9. The van der Waals surface area contributed by atoms with Crippen LogP contribution < -0.4 is 5.32 Å². The number of aryl methyl sites for hydroxylation is 1. The van der Waals surface area contributed by atoms with Crippen molar-refractivity contribution in [2.45, 2.75) is 6.92 Å². The second-order valence-electron chi connectivity index (χ2n) is 5.00. The molecule has 24 heavy (non-hydrogen) atoms. The zero-order valence-electron chi connectivity index (χ0n) is 12.3. The van der Waals surface area contributed by atoms with Crippen LogP contribution in [0.25, 0.3) is 5.65 Å². The van der Waals surface area contributed by atoms with Gasteiger partial charge in [-0.1, -0.05) is 11.6 Å².